The zero-order valence-electron chi connectivity index (χ0n) is 49.9. The van der Waals surface area contributed by atoms with E-state index in [4.69, 9.17) is 62.5 Å². The van der Waals surface area contributed by atoms with Crippen LogP contribution in [0.25, 0.3) is 44.6 Å². The summed E-state index contributed by atoms with van der Waals surface area (Å²) in [5.41, 5.74) is 20.7. The van der Waals surface area contributed by atoms with E-state index < -0.39 is 11.9 Å². The molecule has 0 spiro atoms. The summed E-state index contributed by atoms with van der Waals surface area (Å²) in [6.07, 6.45) is 13.9. The molecule has 3 aromatic carbocycles. The molecule has 2 saturated heterocycles. The lowest BCUT2D eigenvalue weighted by Crippen LogP contribution is -2.49. The number of nitrogens with zero attached hydrogens (tertiary/aromatic N) is 13. The van der Waals surface area contributed by atoms with Gasteiger partial charge >= 0.3 is 0 Å². The molecule has 0 atom stereocenters. The third-order valence-corrected chi connectivity index (χ3v) is 17.6. The van der Waals surface area contributed by atoms with Crippen LogP contribution in [0.3, 0.4) is 0 Å². The van der Waals surface area contributed by atoms with Crippen molar-refractivity contribution in [3.8, 4) is 34.0 Å². The van der Waals surface area contributed by atoms with E-state index in [0.717, 1.165) is 162 Å². The van der Waals surface area contributed by atoms with Gasteiger partial charge in [-0.3, -0.25) is 19.4 Å². The van der Waals surface area contributed by atoms with Crippen molar-refractivity contribution in [2.24, 2.45) is 0 Å². The molecule has 0 unspecified atom stereocenters. The predicted octanol–water partition coefficient (Wildman–Crippen LogP) is 9.15. The van der Waals surface area contributed by atoms with Crippen LogP contribution in [0.4, 0.5) is 23.0 Å². The predicted molar refractivity (Wildman–Crippen MR) is 339 cm³/mol. The van der Waals surface area contributed by atoms with Crippen LogP contribution in [0.15, 0.2) is 84.9 Å². The first kappa shape index (κ1) is 62.8. The first-order chi connectivity index (χ1) is 41.6. The Bertz CT molecular complexity index is 3500. The molecule has 0 radical (unpaired) electrons. The van der Waals surface area contributed by atoms with Gasteiger partial charge in [0.2, 0.25) is 0 Å². The van der Waals surface area contributed by atoms with Gasteiger partial charge in [-0.1, -0.05) is 41.9 Å². The van der Waals surface area contributed by atoms with Crippen molar-refractivity contribution < 1.29 is 29.3 Å². The Morgan fingerprint density at radius 2 is 1.02 bits per heavy atom. The molecule has 2 aliphatic carbocycles. The summed E-state index contributed by atoms with van der Waals surface area (Å²) >= 11 is 7.97. The van der Waals surface area contributed by atoms with Crippen molar-refractivity contribution in [1.82, 2.24) is 64.1 Å². The second-order valence-corrected chi connectivity index (χ2v) is 23.6. The number of methoxy groups -OCH3 is 2. The highest BCUT2D eigenvalue weighted by Crippen LogP contribution is 2.41. The van der Waals surface area contributed by atoms with Crippen molar-refractivity contribution in [3.05, 3.63) is 100 Å². The number of thiazole rings is 1. The number of hydrogen-bond acceptors (Lipinski definition) is 20. The average Bonchev–Trinajstić information content (AvgIpc) is 1.97. The number of nitrogen functional groups attached to an aromatic ring is 2. The number of aliphatic carboxylic acids is 2. The highest BCUT2D eigenvalue weighted by molar-refractivity contribution is 7.09. The number of carboxylic acid groups (broad SMARTS) is 2. The van der Waals surface area contributed by atoms with Crippen LogP contribution >= 0.6 is 22.9 Å². The van der Waals surface area contributed by atoms with Crippen LogP contribution < -0.4 is 31.6 Å². The van der Waals surface area contributed by atoms with Gasteiger partial charge in [0, 0.05) is 113 Å². The third-order valence-electron chi connectivity index (χ3n) is 16.5. The standard InChI is InChI=1S/C30H37ClN8O.C27H35N9OS.2C2H4O2/c1-37-13-15-38(16-14-37)22-8-10-23(11-9-22)39-30-27(29(32)34-19-35-30)28(36-39)20-7-12-25(26(17-20)40-2)33-18-21-5-3-4-6-24(21)31;1-34-10-12-35(13-11-34)19-4-6-20(7-5-19)36-27-24(26(28)31-17-32-27)25(33-36)18-3-8-21(22(15-18)37-2)30-16-23-29-9-14-38-23;2*1-2(3)4/h3-7,12,17,19,22-23,33H,8-11,13-16,18H2,1-2H3,(H2,32,34,35);3,8-9,14-15,17,19-20,30H,4-7,10-13,16H2,1-2H3,(H2,28,31,32);2*1H3,(H,3,4)/t22-,23-;19-,20-;;. The Labute approximate surface area is 510 Å². The second kappa shape index (κ2) is 29.6. The van der Waals surface area contributed by atoms with Crippen LogP contribution in [0, 0.1) is 0 Å². The lowest BCUT2D eigenvalue weighted by Gasteiger charge is -2.41. The molecule has 23 nitrogen and oxygen atoms in total. The van der Waals surface area contributed by atoms with Crippen molar-refractivity contribution in [1.29, 1.82) is 0 Å². The molecule has 25 heteroatoms. The molecular weight excluding hydrogens is 1130 g/mol. The summed E-state index contributed by atoms with van der Waals surface area (Å²) in [5, 5.41) is 37.3. The Morgan fingerprint density at radius 1 is 0.605 bits per heavy atom. The Kier molecular flexibility index (Phi) is 21.6. The van der Waals surface area contributed by atoms with Crippen molar-refractivity contribution in [2.75, 3.05) is 103 Å². The lowest BCUT2D eigenvalue weighted by atomic mass is 9.90. The fourth-order valence-electron chi connectivity index (χ4n) is 11.9. The summed E-state index contributed by atoms with van der Waals surface area (Å²) in [6.45, 7) is 12.7. The number of carbonyl (C=O) groups is 2. The monoisotopic (exact) mass is 1210 g/mol. The maximum Gasteiger partial charge on any atom is 0.300 e. The molecule has 4 fully saturated rings. The minimum atomic E-state index is -0.833. The van der Waals surface area contributed by atoms with E-state index in [2.05, 4.69) is 84.7 Å². The Morgan fingerprint density at radius 3 is 1.43 bits per heavy atom. The van der Waals surface area contributed by atoms with Gasteiger partial charge in [0.05, 0.1) is 55.0 Å². The highest BCUT2D eigenvalue weighted by atomic mass is 35.5. The highest BCUT2D eigenvalue weighted by Gasteiger charge is 2.33. The number of aromatic nitrogens is 9. The number of rotatable bonds is 14. The SMILES string of the molecule is CC(=O)O.CC(=O)O.COc1cc(-c2nn([C@H]3CC[C@H](N4CCN(C)CC4)CC3)c3ncnc(N)c23)ccc1NCc1ccccc1Cl.COc1cc(-c2nn([C@H]3CC[C@H](N4CCN(C)CC4)CC3)c3ncnc(N)c23)ccc1NCc1nccs1. The molecule has 0 amide bonds. The van der Waals surface area contributed by atoms with Gasteiger partial charge in [-0.25, -0.2) is 34.3 Å². The first-order valence-corrected chi connectivity index (χ1v) is 30.5. The van der Waals surface area contributed by atoms with Gasteiger partial charge in [-0.15, -0.1) is 11.3 Å². The van der Waals surface area contributed by atoms with Gasteiger partial charge in [0.1, 0.15) is 52.2 Å². The molecule has 7 heterocycles. The smallest absolute Gasteiger partial charge is 0.300 e. The van der Waals surface area contributed by atoms with Gasteiger partial charge in [0.15, 0.2) is 11.3 Å². The van der Waals surface area contributed by atoms with Crippen LogP contribution in [0.1, 0.15) is 87.9 Å². The number of carboxylic acids is 2. The van der Waals surface area contributed by atoms with Crippen LogP contribution in [-0.2, 0) is 22.7 Å². The summed E-state index contributed by atoms with van der Waals surface area (Å²) in [5.74, 6) is 0.685. The molecule has 2 aliphatic heterocycles. The number of fused-ring (bicyclic) bond motifs is 2. The van der Waals surface area contributed by atoms with Crippen molar-refractivity contribution >= 4 is 80.0 Å². The molecule has 8 N–H and O–H groups in total. The minimum absolute atomic E-state index is 0.285. The molecule has 12 rings (SSSR count). The molecule has 458 valence electrons. The normalized spacial score (nSPS) is 19.5. The maximum absolute atomic E-state index is 9.00. The zero-order valence-corrected chi connectivity index (χ0v) is 51.5. The average molecular weight is 1210 g/mol. The summed E-state index contributed by atoms with van der Waals surface area (Å²) in [6, 6.07) is 21.8. The molecule has 5 aromatic heterocycles. The molecule has 0 bridgehead atoms. The number of hydrogen-bond donors (Lipinski definition) is 6. The van der Waals surface area contributed by atoms with E-state index in [-0.39, 0.29) is 6.04 Å². The molecule has 4 aliphatic rings. The Hall–Kier alpha value is -7.74. The summed E-state index contributed by atoms with van der Waals surface area (Å²) in [4.78, 5) is 50.4. The number of anilines is 4. The van der Waals surface area contributed by atoms with Crippen molar-refractivity contribution in [3.63, 3.8) is 0 Å². The zero-order chi connectivity index (χ0) is 60.9. The number of halogens is 1. The van der Waals surface area contributed by atoms with Crippen molar-refractivity contribution in [2.45, 2.75) is 102 Å². The number of nitrogens with two attached hydrogens (primary N) is 2. The second-order valence-electron chi connectivity index (χ2n) is 22.2. The van der Waals surface area contributed by atoms with Gasteiger partial charge in [-0.2, -0.15) is 10.2 Å². The number of nitrogens with one attached hydrogen (secondary N) is 2. The number of benzene rings is 3. The number of piperazine rings is 2. The van der Waals surface area contributed by atoms with Gasteiger partial charge in [0.25, 0.3) is 11.9 Å². The maximum atomic E-state index is 9.00. The third kappa shape index (κ3) is 15.6. The van der Waals surface area contributed by atoms with Gasteiger partial charge < -0.3 is 51.6 Å². The van der Waals surface area contributed by atoms with Crippen LogP contribution in [-0.4, -0.2) is 179 Å². The summed E-state index contributed by atoms with van der Waals surface area (Å²) < 4.78 is 15.7. The Balaban J connectivity index is 0.000000183. The van der Waals surface area contributed by atoms with E-state index in [0.29, 0.717) is 42.9 Å². The van der Waals surface area contributed by atoms with E-state index in [1.807, 2.05) is 66.2 Å². The molecular formula is C61H80ClN17O6S. The number of ether oxygens (including phenoxy) is 2. The summed E-state index contributed by atoms with van der Waals surface area (Å²) in [7, 11) is 7.78. The first-order valence-electron chi connectivity index (χ1n) is 29.3. The fraction of sp³-hybridized carbons (Fsp3) is 0.459. The molecule has 8 aromatic rings. The fourth-order valence-corrected chi connectivity index (χ4v) is 12.7. The van der Waals surface area contributed by atoms with E-state index in [1.165, 1.54) is 45.1 Å². The van der Waals surface area contributed by atoms with Gasteiger partial charge in [-0.05, 0) is 101 Å². The van der Waals surface area contributed by atoms with Crippen LogP contribution in [0.2, 0.25) is 5.02 Å². The molecule has 2 saturated carbocycles. The topological polar surface area (TPSA) is 282 Å². The van der Waals surface area contributed by atoms with Crippen LogP contribution in [0.5, 0.6) is 11.5 Å². The lowest BCUT2D eigenvalue weighted by molar-refractivity contribution is -0.135. The van der Waals surface area contributed by atoms with E-state index >= 15 is 0 Å². The van der Waals surface area contributed by atoms with E-state index in [1.54, 1.807) is 31.9 Å². The molecule has 86 heavy (non-hydrogen) atoms. The quantitative estimate of drug-likeness (QED) is 0.0591. The van der Waals surface area contributed by atoms with E-state index in [9.17, 15) is 0 Å². The largest absolute Gasteiger partial charge is 0.495 e. The number of likely N-dealkylation sites (N-methyl/N-ethyl adjacent to an activating group) is 2. The minimum Gasteiger partial charge on any atom is -0.495 e.